The SMILES string of the molecule is C=C[C@@H]1CC[C@]2(NCCN3CCS(=O)(=O)CC3)CC[C@]3(C)[C@H](CCC4[C@@]5(C)CC=C(C6=CCC(COc7ccncc7)(C(=O)O)CC6)C(C)(C)C5CC[C@]43C)[C@@H]12. The maximum atomic E-state index is 12.7. The third-order valence-corrected chi connectivity index (χ3v) is 19.9. The number of ether oxygens (including phenoxy) is 1. The van der Waals surface area contributed by atoms with E-state index in [-0.39, 0.29) is 33.8 Å². The van der Waals surface area contributed by atoms with Gasteiger partial charge in [-0.15, -0.1) is 6.58 Å². The predicted octanol–water partition coefficient (Wildman–Crippen LogP) is 8.52. The number of nitrogens with one attached hydrogen (secondary N) is 1. The Hall–Kier alpha value is -2.49. The Labute approximate surface area is 337 Å². The van der Waals surface area contributed by atoms with Crippen LogP contribution in [0, 0.1) is 56.7 Å². The van der Waals surface area contributed by atoms with Gasteiger partial charge >= 0.3 is 5.97 Å². The maximum absolute atomic E-state index is 12.7. The summed E-state index contributed by atoms with van der Waals surface area (Å²) in [6.45, 7) is 20.8. The second kappa shape index (κ2) is 14.4. The first kappa shape index (κ1) is 40.3. The van der Waals surface area contributed by atoms with E-state index in [1.54, 1.807) is 24.5 Å². The van der Waals surface area contributed by atoms with Gasteiger partial charge in [-0.3, -0.25) is 9.78 Å². The molecule has 3 unspecified atom stereocenters. The van der Waals surface area contributed by atoms with Crippen molar-refractivity contribution in [1.29, 1.82) is 0 Å². The number of hydrogen-bond acceptors (Lipinski definition) is 7. The fourth-order valence-corrected chi connectivity index (χ4v) is 16.3. The molecular weight excluding hydrogens is 719 g/mol. The number of carbonyl (C=O) groups is 1. The molecule has 0 bridgehead atoms. The van der Waals surface area contributed by atoms with E-state index in [4.69, 9.17) is 4.74 Å². The average molecular weight is 788 g/mol. The second-order valence-corrected chi connectivity index (χ2v) is 23.0. The first-order chi connectivity index (χ1) is 26.5. The smallest absolute Gasteiger partial charge is 0.313 e. The van der Waals surface area contributed by atoms with E-state index in [2.05, 4.69) is 74.6 Å². The Balaban J connectivity index is 1.000. The molecule has 308 valence electrons. The molecule has 0 amide bonds. The lowest BCUT2D eigenvalue weighted by molar-refractivity contribution is -0.220. The number of allylic oxidation sites excluding steroid dienone is 5. The Morgan fingerprint density at radius 1 is 0.946 bits per heavy atom. The number of rotatable bonds is 10. The minimum Gasteiger partial charge on any atom is -0.492 e. The fourth-order valence-electron chi connectivity index (χ4n) is 15.0. The third kappa shape index (κ3) is 6.38. The lowest BCUT2D eigenvalue weighted by Crippen LogP contribution is -2.68. The predicted molar refractivity (Wildman–Crippen MR) is 223 cm³/mol. The summed E-state index contributed by atoms with van der Waals surface area (Å²) >= 11 is 0. The zero-order valence-corrected chi connectivity index (χ0v) is 35.8. The van der Waals surface area contributed by atoms with Crippen LogP contribution in [0.25, 0.3) is 0 Å². The number of carboxylic acids is 1. The zero-order valence-electron chi connectivity index (χ0n) is 35.0. The Kier molecular flexibility index (Phi) is 10.3. The Morgan fingerprint density at radius 3 is 2.38 bits per heavy atom. The number of aliphatic carboxylic acids is 1. The minimum atomic E-state index is -2.87. The molecule has 0 aromatic carbocycles. The molecule has 8 rings (SSSR count). The van der Waals surface area contributed by atoms with Gasteiger partial charge in [0, 0.05) is 44.1 Å². The molecule has 1 aromatic heterocycles. The highest BCUT2D eigenvalue weighted by Gasteiger charge is 2.70. The quantitative estimate of drug-likeness (QED) is 0.228. The van der Waals surface area contributed by atoms with Crippen molar-refractivity contribution in [3.8, 4) is 5.75 Å². The summed E-state index contributed by atoms with van der Waals surface area (Å²) in [5, 5.41) is 14.6. The van der Waals surface area contributed by atoms with E-state index < -0.39 is 21.2 Å². The lowest BCUT2D eigenvalue weighted by Gasteiger charge is -2.72. The molecule has 2 heterocycles. The highest BCUT2D eigenvalue weighted by molar-refractivity contribution is 7.91. The lowest BCUT2D eigenvalue weighted by atomic mass is 9.33. The number of pyridine rings is 1. The van der Waals surface area contributed by atoms with Gasteiger partial charge in [-0.2, -0.15) is 0 Å². The topological polar surface area (TPSA) is 109 Å². The van der Waals surface area contributed by atoms with Crippen molar-refractivity contribution in [2.75, 3.05) is 44.3 Å². The monoisotopic (exact) mass is 787 g/mol. The van der Waals surface area contributed by atoms with Crippen LogP contribution in [0.1, 0.15) is 112 Å². The normalized spacial score (nSPS) is 42.8. The van der Waals surface area contributed by atoms with Gasteiger partial charge in [-0.25, -0.2) is 8.42 Å². The highest BCUT2D eigenvalue weighted by atomic mass is 32.2. The van der Waals surface area contributed by atoms with Gasteiger partial charge in [0.15, 0.2) is 9.84 Å². The number of hydrogen-bond donors (Lipinski definition) is 2. The summed E-state index contributed by atoms with van der Waals surface area (Å²) in [5.74, 6) is 3.54. The number of nitrogens with zero attached hydrogens (tertiary/aromatic N) is 2. The van der Waals surface area contributed by atoms with Gasteiger partial charge in [-0.05, 0) is 152 Å². The van der Waals surface area contributed by atoms with Crippen LogP contribution in [-0.2, 0) is 14.6 Å². The number of carboxylic acid groups (broad SMARTS) is 1. The van der Waals surface area contributed by atoms with Gasteiger partial charge in [0.2, 0.25) is 0 Å². The van der Waals surface area contributed by atoms with Crippen molar-refractivity contribution in [3.05, 3.63) is 60.5 Å². The van der Waals surface area contributed by atoms with Crippen molar-refractivity contribution < 1.29 is 23.1 Å². The Bertz CT molecular complexity index is 1850. The molecule has 0 radical (unpaired) electrons. The molecule has 56 heavy (non-hydrogen) atoms. The number of fused-ring (bicyclic) bond motifs is 7. The molecule has 0 spiro atoms. The van der Waals surface area contributed by atoms with Crippen LogP contribution >= 0.6 is 0 Å². The standard InChI is InChI=1S/C47H69N3O5S/c1-7-33-12-21-47(49-26-27-50-28-30-56(53,54)31-29-50)23-22-44(5)37(40(33)47)8-9-39-43(4)17-13-36(42(2,3)38(43)14-18-45(39,44)6)34-10-19-46(20-11-34,41(51)52)32-55-35-15-24-48-25-16-35/h7,10,13,15-16,24-25,33,37-40,49H,1,8-9,11-12,14,17-23,26-32H2,2-6H3,(H,51,52)/t33-,37-,38?,39?,40-,43+,44-,45-,46?,47+/m1/s1. The first-order valence-corrected chi connectivity index (χ1v) is 23.8. The third-order valence-electron chi connectivity index (χ3n) is 18.3. The summed E-state index contributed by atoms with van der Waals surface area (Å²) in [5.41, 5.74) is 2.82. The summed E-state index contributed by atoms with van der Waals surface area (Å²) in [4.78, 5) is 19.1. The first-order valence-electron chi connectivity index (χ1n) is 22.0. The highest BCUT2D eigenvalue weighted by Crippen LogP contribution is 2.76. The van der Waals surface area contributed by atoms with Crippen LogP contribution < -0.4 is 10.1 Å². The summed E-state index contributed by atoms with van der Waals surface area (Å²) in [6, 6.07) is 3.58. The number of sulfone groups is 1. The molecule has 8 nitrogen and oxygen atoms in total. The van der Waals surface area contributed by atoms with E-state index in [0.717, 1.165) is 25.9 Å². The molecule has 5 fully saturated rings. The molecule has 1 aliphatic heterocycles. The maximum Gasteiger partial charge on any atom is 0.313 e. The van der Waals surface area contributed by atoms with Crippen LogP contribution in [0.5, 0.6) is 5.75 Å². The summed E-state index contributed by atoms with van der Waals surface area (Å²) in [7, 11) is -2.87. The van der Waals surface area contributed by atoms with Crippen LogP contribution in [-0.4, -0.2) is 79.2 Å². The molecule has 6 aliphatic carbocycles. The minimum absolute atomic E-state index is 0.0122. The molecule has 10 atom stereocenters. The van der Waals surface area contributed by atoms with E-state index in [1.807, 2.05) is 0 Å². The molecule has 1 aromatic rings. The molecule has 1 saturated heterocycles. The molecular formula is C47H69N3O5S. The number of aromatic nitrogens is 1. The van der Waals surface area contributed by atoms with Crippen LogP contribution in [0.15, 0.2) is 60.5 Å². The summed E-state index contributed by atoms with van der Waals surface area (Å²) < 4.78 is 30.1. The molecule has 2 N–H and O–H groups in total. The largest absolute Gasteiger partial charge is 0.492 e. The summed E-state index contributed by atoms with van der Waals surface area (Å²) in [6.07, 6.45) is 23.5. The van der Waals surface area contributed by atoms with Gasteiger partial charge in [-0.1, -0.05) is 52.8 Å². The fraction of sp³-hybridized carbons (Fsp3) is 0.745. The van der Waals surface area contributed by atoms with Crippen molar-refractivity contribution in [2.24, 2.45) is 56.7 Å². The van der Waals surface area contributed by atoms with Crippen molar-refractivity contribution in [2.45, 2.75) is 117 Å². The van der Waals surface area contributed by atoms with Crippen molar-refractivity contribution >= 4 is 15.8 Å². The van der Waals surface area contributed by atoms with Gasteiger partial charge in [0.05, 0.1) is 11.5 Å². The van der Waals surface area contributed by atoms with E-state index in [9.17, 15) is 18.3 Å². The molecule has 4 saturated carbocycles. The van der Waals surface area contributed by atoms with Crippen molar-refractivity contribution in [1.82, 2.24) is 15.2 Å². The Morgan fingerprint density at radius 2 is 1.70 bits per heavy atom. The second-order valence-electron chi connectivity index (χ2n) is 20.7. The van der Waals surface area contributed by atoms with Gasteiger partial charge < -0.3 is 20.1 Å². The van der Waals surface area contributed by atoms with Crippen molar-refractivity contribution in [3.63, 3.8) is 0 Å². The van der Waals surface area contributed by atoms with E-state index >= 15 is 0 Å². The van der Waals surface area contributed by atoms with Gasteiger partial charge in [0.1, 0.15) is 17.8 Å². The average Bonchev–Trinajstić information content (AvgIpc) is 3.54. The van der Waals surface area contributed by atoms with E-state index in [0.29, 0.717) is 72.8 Å². The van der Waals surface area contributed by atoms with E-state index in [1.165, 1.54) is 62.5 Å². The van der Waals surface area contributed by atoms with Crippen LogP contribution in [0.3, 0.4) is 0 Å². The van der Waals surface area contributed by atoms with Crippen LogP contribution in [0.4, 0.5) is 0 Å². The molecule has 9 heteroatoms. The van der Waals surface area contributed by atoms with Crippen LogP contribution in [0.2, 0.25) is 0 Å². The van der Waals surface area contributed by atoms with Gasteiger partial charge in [0.25, 0.3) is 0 Å². The molecule has 7 aliphatic rings. The zero-order chi connectivity index (χ0) is 39.8.